The maximum Gasteiger partial charge on any atom is 0.276 e. The molecule has 3 rings (SSSR count). The van der Waals surface area contributed by atoms with E-state index in [0.29, 0.717) is 27.8 Å². The summed E-state index contributed by atoms with van der Waals surface area (Å²) in [7, 11) is 0. The number of thiazole rings is 1. The van der Waals surface area contributed by atoms with E-state index in [1.54, 1.807) is 23.6 Å². The van der Waals surface area contributed by atoms with Crippen LogP contribution >= 0.6 is 34.9 Å². The van der Waals surface area contributed by atoms with Gasteiger partial charge in [-0.3, -0.25) is 9.69 Å². The second-order valence-electron chi connectivity index (χ2n) is 5.64. The summed E-state index contributed by atoms with van der Waals surface area (Å²) in [5.74, 6) is 1.89. The minimum Gasteiger partial charge on any atom is -0.415 e. The summed E-state index contributed by atoms with van der Waals surface area (Å²) >= 11 is 4.55. The molecule has 0 aliphatic heterocycles. The number of carbonyl (C=O) groups excluding carboxylic acids is 1. The Morgan fingerprint density at radius 2 is 2.07 bits per heavy atom. The van der Waals surface area contributed by atoms with Crippen molar-refractivity contribution in [2.75, 3.05) is 11.2 Å². The Balaban J connectivity index is 1.75. The second-order valence-corrected chi connectivity index (χ2v) is 8.27. The molecule has 6 nitrogen and oxygen atoms in total. The first-order valence-corrected chi connectivity index (χ1v) is 11.7. The van der Waals surface area contributed by atoms with Crippen LogP contribution in [0.4, 0.5) is 10.8 Å². The van der Waals surface area contributed by atoms with Gasteiger partial charge in [0.15, 0.2) is 5.13 Å². The maximum absolute atomic E-state index is 12.3. The summed E-state index contributed by atoms with van der Waals surface area (Å²) in [5.41, 5.74) is 2.88. The van der Waals surface area contributed by atoms with Crippen LogP contribution in [0.25, 0.3) is 0 Å². The van der Waals surface area contributed by atoms with Crippen LogP contribution in [-0.2, 0) is 22.7 Å². The van der Waals surface area contributed by atoms with Crippen LogP contribution < -0.4 is 4.90 Å². The first kappa shape index (κ1) is 19.9. The van der Waals surface area contributed by atoms with Gasteiger partial charge < -0.3 is 4.42 Å². The molecule has 9 heteroatoms. The zero-order valence-corrected chi connectivity index (χ0v) is 17.8. The molecule has 3 aromatic rings. The number of rotatable bonds is 8. The minimum absolute atomic E-state index is 0.0527. The normalized spacial score (nSPS) is 10.9. The lowest BCUT2D eigenvalue weighted by Crippen LogP contribution is -2.23. The van der Waals surface area contributed by atoms with Crippen LogP contribution in [0.3, 0.4) is 0 Å². The lowest BCUT2D eigenvalue weighted by molar-refractivity contribution is -0.115. The molecule has 142 valence electrons. The predicted octanol–water partition coefficient (Wildman–Crippen LogP) is 4.93. The fourth-order valence-corrected chi connectivity index (χ4v) is 4.54. The number of anilines is 2. The molecule has 0 saturated heterocycles. The highest BCUT2D eigenvalue weighted by atomic mass is 32.2. The fourth-order valence-electron chi connectivity index (χ4n) is 2.51. The predicted molar refractivity (Wildman–Crippen MR) is 112 cm³/mol. The van der Waals surface area contributed by atoms with Gasteiger partial charge in [-0.1, -0.05) is 36.9 Å². The Morgan fingerprint density at radius 3 is 2.81 bits per heavy atom. The smallest absolute Gasteiger partial charge is 0.276 e. The van der Waals surface area contributed by atoms with Crippen LogP contribution in [0, 0.1) is 0 Å². The summed E-state index contributed by atoms with van der Waals surface area (Å²) in [4.78, 5) is 18.7. The molecule has 0 bridgehead atoms. The molecule has 2 heterocycles. The fraction of sp³-hybridized carbons (Fsp3) is 0.333. The number of hydrogen-bond acceptors (Lipinski definition) is 8. The van der Waals surface area contributed by atoms with Gasteiger partial charge in [0.25, 0.3) is 5.22 Å². The summed E-state index contributed by atoms with van der Waals surface area (Å²) in [5, 5.41) is 11.2. The number of hydrogen-bond donors (Lipinski definition) is 0. The van der Waals surface area contributed by atoms with Gasteiger partial charge in [-0.15, -0.1) is 21.5 Å². The lowest BCUT2D eigenvalue weighted by atomic mass is 10.1. The molecule has 1 amide bonds. The van der Waals surface area contributed by atoms with Gasteiger partial charge in [0, 0.05) is 18.1 Å². The molecule has 0 N–H and O–H groups in total. The number of amides is 1. The molecule has 2 aromatic heterocycles. The van der Waals surface area contributed by atoms with Crippen LogP contribution in [0.2, 0.25) is 0 Å². The van der Waals surface area contributed by atoms with Gasteiger partial charge in [-0.25, -0.2) is 4.98 Å². The molecule has 0 radical (unpaired) electrons. The molecule has 1 aromatic carbocycles. The highest BCUT2D eigenvalue weighted by Gasteiger charge is 2.20. The standard InChI is InChI=1S/C18H20N4O2S3/c1-4-13-7-5-6-8-15(13)22(12(2)23)17-19-14(9-26-17)10-27-18-21-20-16(24-18)11-25-3/h5-9H,4,10-11H2,1-3H3. The van der Waals surface area contributed by atoms with Crippen molar-refractivity contribution in [2.45, 2.75) is 37.0 Å². The SMILES string of the molecule is CCc1ccccc1N(C(C)=O)c1nc(CSc2nnc(CSC)o2)cs1. The lowest BCUT2D eigenvalue weighted by Gasteiger charge is -2.20. The van der Waals surface area contributed by atoms with E-state index in [-0.39, 0.29) is 5.91 Å². The first-order chi connectivity index (χ1) is 13.1. The summed E-state index contributed by atoms with van der Waals surface area (Å²) in [6, 6.07) is 7.93. The van der Waals surface area contributed by atoms with Gasteiger partial charge in [-0.2, -0.15) is 11.8 Å². The van der Waals surface area contributed by atoms with Crippen molar-refractivity contribution in [1.82, 2.24) is 15.2 Å². The number of benzene rings is 1. The second kappa shape index (κ2) is 9.38. The van der Waals surface area contributed by atoms with Gasteiger partial charge in [0.05, 0.1) is 17.1 Å². The van der Waals surface area contributed by atoms with Gasteiger partial charge in [-0.05, 0) is 24.3 Å². The topological polar surface area (TPSA) is 72.1 Å². The molecule has 0 saturated carbocycles. The average Bonchev–Trinajstić information content (AvgIpc) is 3.30. The third-order valence-corrected chi connectivity index (χ3v) is 5.98. The molecule has 0 unspecified atom stereocenters. The largest absolute Gasteiger partial charge is 0.415 e. The van der Waals surface area contributed by atoms with Crippen molar-refractivity contribution >= 4 is 51.6 Å². The Labute approximate surface area is 170 Å². The summed E-state index contributed by atoms with van der Waals surface area (Å²) in [6.07, 6.45) is 2.84. The van der Waals surface area contributed by atoms with Crippen molar-refractivity contribution in [1.29, 1.82) is 0 Å². The van der Waals surface area contributed by atoms with E-state index < -0.39 is 0 Å². The molecule has 0 aliphatic rings. The number of aryl methyl sites for hydroxylation is 1. The third kappa shape index (κ3) is 4.91. The zero-order chi connectivity index (χ0) is 19.2. The van der Waals surface area contributed by atoms with Crippen molar-refractivity contribution in [3.05, 3.63) is 46.8 Å². The zero-order valence-electron chi connectivity index (χ0n) is 15.3. The van der Waals surface area contributed by atoms with Crippen LogP contribution in [0.15, 0.2) is 39.3 Å². The van der Waals surface area contributed by atoms with Crippen molar-refractivity contribution < 1.29 is 9.21 Å². The Hall–Kier alpha value is -1.84. The molecule has 0 fully saturated rings. The highest BCUT2D eigenvalue weighted by Crippen LogP contribution is 2.33. The molecule has 27 heavy (non-hydrogen) atoms. The maximum atomic E-state index is 12.3. The van der Waals surface area contributed by atoms with E-state index in [4.69, 9.17) is 4.42 Å². The van der Waals surface area contributed by atoms with Crippen LogP contribution in [0.5, 0.6) is 0 Å². The summed E-state index contributed by atoms with van der Waals surface area (Å²) < 4.78 is 5.57. The van der Waals surface area contributed by atoms with Crippen LogP contribution in [0.1, 0.15) is 31.0 Å². The van der Waals surface area contributed by atoms with E-state index in [2.05, 4.69) is 22.1 Å². The number of carbonyl (C=O) groups is 1. The van der Waals surface area contributed by atoms with E-state index in [1.165, 1.54) is 23.1 Å². The number of para-hydroxylation sites is 1. The summed E-state index contributed by atoms with van der Waals surface area (Å²) in [6.45, 7) is 3.64. The number of thioether (sulfide) groups is 2. The molecule has 0 atom stereocenters. The van der Waals surface area contributed by atoms with Gasteiger partial charge >= 0.3 is 0 Å². The van der Waals surface area contributed by atoms with Crippen molar-refractivity contribution in [2.24, 2.45) is 0 Å². The molecule has 0 aliphatic carbocycles. The quantitative estimate of drug-likeness (QED) is 0.479. The number of nitrogens with zero attached hydrogens (tertiary/aromatic N) is 4. The van der Waals surface area contributed by atoms with Gasteiger partial charge in [0.1, 0.15) is 0 Å². The molecular weight excluding hydrogens is 400 g/mol. The average molecular weight is 421 g/mol. The first-order valence-electron chi connectivity index (χ1n) is 8.39. The third-order valence-electron chi connectivity index (χ3n) is 3.72. The van der Waals surface area contributed by atoms with E-state index in [1.807, 2.05) is 35.9 Å². The Morgan fingerprint density at radius 1 is 1.26 bits per heavy atom. The van der Waals surface area contributed by atoms with Gasteiger partial charge in [0.2, 0.25) is 11.8 Å². The van der Waals surface area contributed by atoms with E-state index >= 15 is 0 Å². The van der Waals surface area contributed by atoms with E-state index in [9.17, 15) is 4.79 Å². The Bertz CT molecular complexity index is 909. The van der Waals surface area contributed by atoms with Crippen molar-refractivity contribution in [3.63, 3.8) is 0 Å². The minimum atomic E-state index is -0.0527. The van der Waals surface area contributed by atoms with Crippen molar-refractivity contribution in [3.8, 4) is 0 Å². The number of aromatic nitrogens is 3. The van der Waals surface area contributed by atoms with Crippen LogP contribution in [-0.4, -0.2) is 27.3 Å². The molecular formula is C18H20N4O2S3. The highest BCUT2D eigenvalue weighted by molar-refractivity contribution is 7.98. The van der Waals surface area contributed by atoms with E-state index in [0.717, 1.165) is 23.4 Å². The monoisotopic (exact) mass is 420 g/mol. The Kier molecular flexibility index (Phi) is 6.92. The molecule has 0 spiro atoms.